The van der Waals surface area contributed by atoms with Crippen molar-refractivity contribution < 1.29 is 9.32 Å². The van der Waals surface area contributed by atoms with Crippen LogP contribution < -0.4 is 16.0 Å². The third-order valence-electron chi connectivity index (χ3n) is 4.81. The van der Waals surface area contributed by atoms with Crippen molar-refractivity contribution in [3.63, 3.8) is 0 Å². The monoisotopic (exact) mass is 421 g/mol. The topological polar surface area (TPSA) is 100 Å². The summed E-state index contributed by atoms with van der Waals surface area (Å²) in [6.07, 6.45) is 2.27. The van der Waals surface area contributed by atoms with E-state index in [1.165, 1.54) is 16.0 Å². The molecule has 0 radical (unpaired) electrons. The quantitative estimate of drug-likeness (QED) is 0.422. The standard InChI is InChI=1S/C21H20N4OS.CH3NO/c1-14-10-16(26-24-14)13-25-8-9-27-21-11-15(6-7-20(21)25)23-19-12-22-18-5-3-2-4-17(18)19;2-1-3/h2-7,10-12,22-23H,8-9,13H2,1H3;1H,(H2,2,3). The lowest BCUT2D eigenvalue weighted by Crippen LogP contribution is -2.28. The molecule has 4 N–H and O–H groups in total. The highest BCUT2D eigenvalue weighted by atomic mass is 32.2. The number of para-hydroxylation sites is 1. The zero-order chi connectivity index (χ0) is 20.9. The van der Waals surface area contributed by atoms with E-state index >= 15 is 0 Å². The van der Waals surface area contributed by atoms with Crippen molar-refractivity contribution in [3.8, 4) is 0 Å². The molecule has 1 aliphatic rings. The van der Waals surface area contributed by atoms with E-state index in [9.17, 15) is 0 Å². The summed E-state index contributed by atoms with van der Waals surface area (Å²) < 4.78 is 5.40. The van der Waals surface area contributed by atoms with Gasteiger partial charge in [0.15, 0.2) is 5.76 Å². The van der Waals surface area contributed by atoms with Crippen molar-refractivity contribution in [3.05, 3.63) is 66.2 Å². The van der Waals surface area contributed by atoms with Crippen LogP contribution in [0.4, 0.5) is 17.1 Å². The number of anilines is 3. The molecular weight excluding hydrogens is 398 g/mol. The number of amides is 1. The zero-order valence-electron chi connectivity index (χ0n) is 16.6. The minimum atomic E-state index is 0.250. The van der Waals surface area contributed by atoms with Gasteiger partial charge in [-0.25, -0.2) is 0 Å². The van der Waals surface area contributed by atoms with Crippen molar-refractivity contribution in [2.24, 2.45) is 5.73 Å². The number of benzene rings is 2. The number of aromatic nitrogens is 2. The van der Waals surface area contributed by atoms with Crippen molar-refractivity contribution in [1.29, 1.82) is 0 Å². The number of nitrogens with one attached hydrogen (secondary N) is 2. The number of thioether (sulfide) groups is 1. The Bertz CT molecular complexity index is 1150. The largest absolute Gasteiger partial charge is 0.372 e. The molecule has 7 nitrogen and oxygen atoms in total. The van der Waals surface area contributed by atoms with Gasteiger partial charge in [-0.3, -0.25) is 4.79 Å². The van der Waals surface area contributed by atoms with Crippen LogP contribution in [-0.4, -0.2) is 28.8 Å². The number of nitrogens with zero attached hydrogens (tertiary/aromatic N) is 2. The molecule has 0 bridgehead atoms. The SMILES string of the molecule is Cc1cc(CN2CCSc3cc(Nc4c[nH]c5ccccc45)ccc32)on1.NC=O. The Balaban J connectivity index is 0.000000687. The van der Waals surface area contributed by atoms with E-state index in [0.29, 0.717) is 0 Å². The predicted octanol–water partition coefficient (Wildman–Crippen LogP) is 4.42. The molecular formula is C22H23N5O2S. The lowest BCUT2D eigenvalue weighted by Gasteiger charge is -2.30. The average molecular weight is 422 g/mol. The Hall–Kier alpha value is -3.39. The molecule has 0 saturated carbocycles. The molecule has 8 heteroatoms. The third kappa shape index (κ3) is 4.28. The number of hydrogen-bond acceptors (Lipinski definition) is 6. The molecule has 0 spiro atoms. The molecule has 0 atom stereocenters. The van der Waals surface area contributed by atoms with Crippen LogP contribution in [0.3, 0.4) is 0 Å². The highest BCUT2D eigenvalue weighted by molar-refractivity contribution is 7.99. The van der Waals surface area contributed by atoms with E-state index < -0.39 is 0 Å². The van der Waals surface area contributed by atoms with E-state index in [4.69, 9.17) is 9.32 Å². The first-order chi connectivity index (χ1) is 14.7. The second kappa shape index (κ2) is 8.96. The third-order valence-corrected chi connectivity index (χ3v) is 5.84. The fraction of sp³-hybridized carbons (Fsp3) is 0.182. The summed E-state index contributed by atoms with van der Waals surface area (Å²) in [7, 11) is 0. The summed E-state index contributed by atoms with van der Waals surface area (Å²) in [5, 5.41) is 8.75. The van der Waals surface area contributed by atoms with Gasteiger partial charge in [0.1, 0.15) is 0 Å². The highest BCUT2D eigenvalue weighted by Gasteiger charge is 2.19. The van der Waals surface area contributed by atoms with Gasteiger partial charge < -0.3 is 25.5 Å². The van der Waals surface area contributed by atoms with Gasteiger partial charge in [-0.1, -0.05) is 23.4 Å². The van der Waals surface area contributed by atoms with E-state index in [1.807, 2.05) is 37.0 Å². The number of aryl methyl sites for hydroxylation is 1. The first-order valence-electron chi connectivity index (χ1n) is 9.60. The van der Waals surface area contributed by atoms with Crippen LogP contribution >= 0.6 is 11.8 Å². The van der Waals surface area contributed by atoms with Crippen LogP contribution in [0.5, 0.6) is 0 Å². The van der Waals surface area contributed by atoms with Gasteiger partial charge in [0.25, 0.3) is 0 Å². The van der Waals surface area contributed by atoms with Crippen LogP contribution in [0.1, 0.15) is 11.5 Å². The van der Waals surface area contributed by atoms with Gasteiger partial charge in [0.05, 0.1) is 23.6 Å². The Labute approximate surface area is 178 Å². The molecule has 0 unspecified atom stereocenters. The maximum Gasteiger partial charge on any atom is 0.204 e. The van der Waals surface area contributed by atoms with E-state index in [1.54, 1.807) is 0 Å². The van der Waals surface area contributed by atoms with Gasteiger partial charge in [-0.15, -0.1) is 11.8 Å². The lowest BCUT2D eigenvalue weighted by atomic mass is 10.2. The molecule has 0 fully saturated rings. The maximum atomic E-state index is 8.58. The number of carbonyl (C=O) groups is 1. The summed E-state index contributed by atoms with van der Waals surface area (Å²) in [5.41, 5.74) is 9.68. The number of H-pyrrole nitrogens is 1. The fourth-order valence-corrected chi connectivity index (χ4v) is 4.62. The average Bonchev–Trinajstić information content (AvgIpc) is 3.35. The number of hydrogen-bond donors (Lipinski definition) is 3. The lowest BCUT2D eigenvalue weighted by molar-refractivity contribution is -0.106. The van der Waals surface area contributed by atoms with Crippen molar-refractivity contribution >= 4 is 46.1 Å². The van der Waals surface area contributed by atoms with E-state index in [-0.39, 0.29) is 6.41 Å². The Morgan fingerprint density at radius 2 is 2.13 bits per heavy atom. The molecule has 30 heavy (non-hydrogen) atoms. The zero-order valence-corrected chi connectivity index (χ0v) is 17.4. The molecule has 4 aromatic rings. The summed E-state index contributed by atoms with van der Waals surface area (Å²) >= 11 is 1.90. The molecule has 0 saturated heterocycles. The molecule has 3 heterocycles. The molecule has 2 aromatic heterocycles. The number of primary amides is 1. The van der Waals surface area contributed by atoms with Crippen LogP contribution in [0.15, 0.2) is 64.1 Å². The molecule has 1 aliphatic heterocycles. The smallest absolute Gasteiger partial charge is 0.204 e. The highest BCUT2D eigenvalue weighted by Crippen LogP contribution is 2.38. The minimum Gasteiger partial charge on any atom is -0.372 e. The number of aromatic amines is 1. The van der Waals surface area contributed by atoms with E-state index in [0.717, 1.165) is 47.2 Å². The minimum absolute atomic E-state index is 0.250. The van der Waals surface area contributed by atoms with Crippen LogP contribution in [0.25, 0.3) is 10.9 Å². The molecule has 1 amide bonds. The Morgan fingerprint density at radius 3 is 2.93 bits per heavy atom. The summed E-state index contributed by atoms with van der Waals surface area (Å²) in [6.45, 7) is 3.71. The van der Waals surface area contributed by atoms with Gasteiger partial charge in [-0.2, -0.15) is 0 Å². The molecule has 0 aliphatic carbocycles. The number of rotatable bonds is 4. The normalized spacial score (nSPS) is 12.8. The van der Waals surface area contributed by atoms with Gasteiger partial charge in [0, 0.05) is 46.0 Å². The van der Waals surface area contributed by atoms with Crippen LogP contribution in [-0.2, 0) is 11.3 Å². The van der Waals surface area contributed by atoms with Crippen molar-refractivity contribution in [2.45, 2.75) is 18.4 Å². The second-order valence-corrected chi connectivity index (χ2v) is 8.03. The molecule has 5 rings (SSSR count). The fourth-order valence-electron chi connectivity index (χ4n) is 3.53. The summed E-state index contributed by atoms with van der Waals surface area (Å²) in [6, 6.07) is 16.9. The van der Waals surface area contributed by atoms with Crippen molar-refractivity contribution in [1.82, 2.24) is 10.1 Å². The Kier molecular flexibility index (Phi) is 5.94. The molecule has 154 valence electrons. The van der Waals surface area contributed by atoms with Crippen LogP contribution in [0.2, 0.25) is 0 Å². The molecule has 2 aromatic carbocycles. The van der Waals surface area contributed by atoms with Gasteiger partial charge in [0.2, 0.25) is 6.41 Å². The Morgan fingerprint density at radius 1 is 1.30 bits per heavy atom. The number of fused-ring (bicyclic) bond motifs is 2. The summed E-state index contributed by atoms with van der Waals surface area (Å²) in [4.78, 5) is 15.6. The second-order valence-electron chi connectivity index (χ2n) is 6.90. The summed E-state index contributed by atoms with van der Waals surface area (Å²) in [5.74, 6) is 1.97. The predicted molar refractivity (Wildman–Crippen MR) is 121 cm³/mol. The maximum absolute atomic E-state index is 8.58. The first-order valence-corrected chi connectivity index (χ1v) is 10.6. The first kappa shape index (κ1) is 19.9. The number of nitrogens with two attached hydrogens (primary N) is 1. The van der Waals surface area contributed by atoms with Gasteiger partial charge >= 0.3 is 0 Å². The van der Waals surface area contributed by atoms with Crippen LogP contribution in [0, 0.1) is 6.92 Å². The van der Waals surface area contributed by atoms with Gasteiger partial charge in [-0.05, 0) is 31.2 Å². The van der Waals surface area contributed by atoms with Crippen molar-refractivity contribution in [2.75, 3.05) is 22.5 Å². The number of carbonyl (C=O) groups excluding carboxylic acids is 1. The van der Waals surface area contributed by atoms with E-state index in [2.05, 4.69) is 62.5 Å².